The molecule has 84 valence electrons. The molecule has 0 aromatic carbocycles. The van der Waals surface area contributed by atoms with Crippen LogP contribution in [0.15, 0.2) is 40.9 Å². The standard InChI is InChI=1S/C10H7N5OS/c16-5-7-9(17-10-11-6-12-14-10)13-8-3-1-2-4-15(7)8/h1-6H,(H,11,12,14). The fourth-order valence-corrected chi connectivity index (χ4v) is 2.28. The summed E-state index contributed by atoms with van der Waals surface area (Å²) in [5.74, 6) is 0. The van der Waals surface area contributed by atoms with Gasteiger partial charge in [0.05, 0.1) is 0 Å². The average Bonchev–Trinajstić information content (AvgIpc) is 2.96. The Morgan fingerprint density at radius 1 is 1.41 bits per heavy atom. The van der Waals surface area contributed by atoms with Gasteiger partial charge in [0, 0.05) is 6.20 Å². The Labute approximate surface area is 100 Å². The lowest BCUT2D eigenvalue weighted by molar-refractivity contribution is 0.111. The first kappa shape index (κ1) is 10.0. The molecule has 0 aliphatic heterocycles. The van der Waals surface area contributed by atoms with Gasteiger partial charge in [0.15, 0.2) is 11.4 Å². The van der Waals surface area contributed by atoms with E-state index in [9.17, 15) is 4.79 Å². The first-order chi connectivity index (χ1) is 8.38. The third kappa shape index (κ3) is 1.70. The van der Waals surface area contributed by atoms with Crippen molar-refractivity contribution in [2.75, 3.05) is 0 Å². The molecule has 0 saturated carbocycles. The van der Waals surface area contributed by atoms with Gasteiger partial charge in [-0.1, -0.05) is 6.07 Å². The van der Waals surface area contributed by atoms with Crippen LogP contribution in [0.4, 0.5) is 0 Å². The molecule has 0 amide bonds. The van der Waals surface area contributed by atoms with Crippen LogP contribution < -0.4 is 0 Å². The molecule has 0 fully saturated rings. The van der Waals surface area contributed by atoms with Crippen LogP contribution in [0.3, 0.4) is 0 Å². The number of aromatic amines is 1. The highest BCUT2D eigenvalue weighted by Gasteiger charge is 2.13. The lowest BCUT2D eigenvalue weighted by Gasteiger charge is -1.94. The van der Waals surface area contributed by atoms with Crippen LogP contribution in [0.2, 0.25) is 0 Å². The molecule has 1 N–H and O–H groups in total. The molecule has 0 aliphatic carbocycles. The SMILES string of the molecule is O=Cc1c(Sc2ncn[nH]2)nc2ccccn12. The van der Waals surface area contributed by atoms with Crippen LogP contribution in [0, 0.1) is 0 Å². The van der Waals surface area contributed by atoms with Crippen molar-refractivity contribution in [2.24, 2.45) is 0 Å². The van der Waals surface area contributed by atoms with E-state index in [4.69, 9.17) is 0 Å². The van der Waals surface area contributed by atoms with Gasteiger partial charge in [-0.15, -0.1) is 0 Å². The molecule has 7 heteroatoms. The number of fused-ring (bicyclic) bond motifs is 1. The van der Waals surface area contributed by atoms with Gasteiger partial charge >= 0.3 is 0 Å². The van der Waals surface area contributed by atoms with Gasteiger partial charge in [0.2, 0.25) is 0 Å². The van der Waals surface area contributed by atoms with Crippen LogP contribution in [0.1, 0.15) is 10.5 Å². The van der Waals surface area contributed by atoms with Gasteiger partial charge in [-0.2, -0.15) is 5.10 Å². The normalized spacial score (nSPS) is 10.8. The maximum absolute atomic E-state index is 11.1. The number of nitrogens with zero attached hydrogens (tertiary/aromatic N) is 4. The summed E-state index contributed by atoms with van der Waals surface area (Å²) in [6, 6.07) is 5.57. The van der Waals surface area contributed by atoms with E-state index in [1.807, 2.05) is 18.2 Å². The smallest absolute Gasteiger partial charge is 0.189 e. The fourth-order valence-electron chi connectivity index (χ4n) is 1.51. The molecule has 3 aromatic rings. The highest BCUT2D eigenvalue weighted by Crippen LogP contribution is 2.26. The second kappa shape index (κ2) is 4.02. The second-order valence-electron chi connectivity index (χ2n) is 3.24. The van der Waals surface area contributed by atoms with Gasteiger partial charge in [-0.25, -0.2) is 9.97 Å². The molecule has 3 heterocycles. The Balaban J connectivity index is 2.12. The molecule has 17 heavy (non-hydrogen) atoms. The van der Waals surface area contributed by atoms with Crippen molar-refractivity contribution >= 4 is 23.7 Å². The first-order valence-corrected chi connectivity index (χ1v) is 5.65. The summed E-state index contributed by atoms with van der Waals surface area (Å²) in [7, 11) is 0. The average molecular weight is 245 g/mol. The summed E-state index contributed by atoms with van der Waals surface area (Å²) in [5, 5.41) is 7.69. The summed E-state index contributed by atoms with van der Waals surface area (Å²) >= 11 is 1.28. The maximum Gasteiger partial charge on any atom is 0.189 e. The second-order valence-corrected chi connectivity index (χ2v) is 4.22. The number of rotatable bonds is 3. The monoisotopic (exact) mass is 245 g/mol. The van der Waals surface area contributed by atoms with Crippen molar-refractivity contribution < 1.29 is 4.79 Å². The van der Waals surface area contributed by atoms with Crippen molar-refractivity contribution in [1.29, 1.82) is 0 Å². The highest BCUT2D eigenvalue weighted by atomic mass is 32.2. The van der Waals surface area contributed by atoms with E-state index in [1.54, 1.807) is 10.6 Å². The zero-order valence-electron chi connectivity index (χ0n) is 8.57. The molecular formula is C10H7N5OS. The van der Waals surface area contributed by atoms with E-state index >= 15 is 0 Å². The van der Waals surface area contributed by atoms with E-state index in [0.717, 1.165) is 11.9 Å². The van der Waals surface area contributed by atoms with Crippen molar-refractivity contribution in [3.8, 4) is 0 Å². The van der Waals surface area contributed by atoms with E-state index in [2.05, 4.69) is 20.2 Å². The molecule has 0 radical (unpaired) electrons. The van der Waals surface area contributed by atoms with Gasteiger partial charge in [0.1, 0.15) is 22.7 Å². The van der Waals surface area contributed by atoms with Crippen molar-refractivity contribution in [2.45, 2.75) is 10.2 Å². The van der Waals surface area contributed by atoms with Crippen molar-refractivity contribution in [3.05, 3.63) is 36.4 Å². The molecule has 0 unspecified atom stereocenters. The van der Waals surface area contributed by atoms with E-state index in [0.29, 0.717) is 15.9 Å². The number of H-pyrrole nitrogens is 1. The number of pyridine rings is 1. The van der Waals surface area contributed by atoms with Crippen molar-refractivity contribution in [1.82, 2.24) is 24.6 Å². The maximum atomic E-state index is 11.1. The van der Waals surface area contributed by atoms with E-state index in [1.165, 1.54) is 18.1 Å². The molecule has 0 bridgehead atoms. The molecule has 0 aliphatic rings. The number of carbonyl (C=O) groups is 1. The largest absolute Gasteiger partial charge is 0.296 e. The van der Waals surface area contributed by atoms with Gasteiger partial charge in [-0.05, 0) is 23.9 Å². The number of aldehydes is 1. The van der Waals surface area contributed by atoms with Crippen LogP contribution >= 0.6 is 11.8 Å². The van der Waals surface area contributed by atoms with Crippen LogP contribution in [-0.2, 0) is 0 Å². The molecule has 0 saturated heterocycles. The summed E-state index contributed by atoms with van der Waals surface area (Å²) < 4.78 is 1.74. The molecule has 6 nitrogen and oxygen atoms in total. The number of hydrogen-bond donors (Lipinski definition) is 1. The summed E-state index contributed by atoms with van der Waals surface area (Å²) in [6.45, 7) is 0. The van der Waals surface area contributed by atoms with Crippen molar-refractivity contribution in [3.63, 3.8) is 0 Å². The Hall–Kier alpha value is -2.15. The molecule has 3 aromatic heterocycles. The zero-order chi connectivity index (χ0) is 11.7. The Morgan fingerprint density at radius 3 is 3.12 bits per heavy atom. The predicted octanol–water partition coefficient (Wildman–Crippen LogP) is 1.42. The minimum Gasteiger partial charge on any atom is -0.296 e. The number of imidazole rings is 1. The zero-order valence-corrected chi connectivity index (χ0v) is 9.39. The van der Waals surface area contributed by atoms with Crippen LogP contribution in [-0.4, -0.2) is 30.9 Å². The predicted molar refractivity (Wildman–Crippen MR) is 61.1 cm³/mol. The molecule has 3 rings (SSSR count). The van der Waals surface area contributed by atoms with E-state index in [-0.39, 0.29) is 0 Å². The third-order valence-electron chi connectivity index (χ3n) is 2.23. The quantitative estimate of drug-likeness (QED) is 0.706. The lowest BCUT2D eigenvalue weighted by Crippen LogP contribution is -1.90. The minimum atomic E-state index is 0.516. The highest BCUT2D eigenvalue weighted by molar-refractivity contribution is 7.99. The number of aromatic nitrogens is 5. The number of nitrogens with one attached hydrogen (secondary N) is 1. The number of carbonyl (C=O) groups excluding carboxylic acids is 1. The first-order valence-electron chi connectivity index (χ1n) is 4.84. The lowest BCUT2D eigenvalue weighted by atomic mass is 10.4. The number of hydrogen-bond acceptors (Lipinski definition) is 5. The van der Waals surface area contributed by atoms with Crippen LogP contribution in [0.5, 0.6) is 0 Å². The Morgan fingerprint density at radius 2 is 2.35 bits per heavy atom. The van der Waals surface area contributed by atoms with Gasteiger partial charge in [0.25, 0.3) is 0 Å². The fraction of sp³-hybridized carbons (Fsp3) is 0. The Bertz CT molecular complexity index is 660. The Kier molecular flexibility index (Phi) is 2.37. The summed E-state index contributed by atoms with van der Waals surface area (Å²) in [4.78, 5) is 19.5. The summed E-state index contributed by atoms with van der Waals surface area (Å²) in [6.07, 6.45) is 4.01. The minimum absolute atomic E-state index is 0.516. The van der Waals surface area contributed by atoms with Crippen LogP contribution in [0.25, 0.3) is 5.65 Å². The molecular weight excluding hydrogens is 238 g/mol. The molecule has 0 spiro atoms. The van der Waals surface area contributed by atoms with Gasteiger partial charge < -0.3 is 0 Å². The van der Waals surface area contributed by atoms with E-state index < -0.39 is 0 Å². The topological polar surface area (TPSA) is 75.9 Å². The van der Waals surface area contributed by atoms with Gasteiger partial charge in [-0.3, -0.25) is 14.3 Å². The summed E-state index contributed by atoms with van der Waals surface area (Å²) in [5.41, 5.74) is 1.25. The molecule has 0 atom stereocenters. The third-order valence-corrected chi connectivity index (χ3v) is 3.11.